The SMILES string of the molecule is CNCc1cccc(NCC2=CC=C(c3cccc(C)c3)C2)c1. The fourth-order valence-electron chi connectivity index (χ4n) is 2.96. The van der Waals surface area contributed by atoms with E-state index in [0.29, 0.717) is 0 Å². The number of nitrogens with one attached hydrogen (secondary N) is 2. The summed E-state index contributed by atoms with van der Waals surface area (Å²) in [6, 6.07) is 17.3. The van der Waals surface area contributed by atoms with Crippen molar-refractivity contribution in [1.29, 1.82) is 0 Å². The minimum Gasteiger partial charge on any atom is -0.381 e. The Morgan fingerprint density at radius 3 is 2.65 bits per heavy atom. The maximum absolute atomic E-state index is 3.54. The van der Waals surface area contributed by atoms with Crippen LogP contribution in [0, 0.1) is 6.92 Å². The van der Waals surface area contributed by atoms with Crippen molar-refractivity contribution in [3.8, 4) is 0 Å². The maximum Gasteiger partial charge on any atom is 0.0366 e. The molecular weight excluding hydrogens is 280 g/mol. The molecule has 0 saturated heterocycles. The van der Waals surface area contributed by atoms with Gasteiger partial charge in [0.25, 0.3) is 0 Å². The lowest BCUT2D eigenvalue weighted by atomic mass is 10.0. The molecule has 0 fully saturated rings. The smallest absolute Gasteiger partial charge is 0.0366 e. The van der Waals surface area contributed by atoms with Crippen LogP contribution in [0.3, 0.4) is 0 Å². The van der Waals surface area contributed by atoms with Gasteiger partial charge in [-0.2, -0.15) is 0 Å². The Hall–Kier alpha value is -2.32. The zero-order valence-electron chi connectivity index (χ0n) is 13.9. The molecule has 0 atom stereocenters. The van der Waals surface area contributed by atoms with Crippen molar-refractivity contribution in [2.24, 2.45) is 0 Å². The van der Waals surface area contributed by atoms with E-state index < -0.39 is 0 Å². The summed E-state index contributed by atoms with van der Waals surface area (Å²) < 4.78 is 0. The number of aryl methyl sites for hydroxylation is 1. The second kappa shape index (κ2) is 7.30. The topological polar surface area (TPSA) is 24.1 Å². The molecule has 23 heavy (non-hydrogen) atoms. The van der Waals surface area contributed by atoms with Crippen molar-refractivity contribution < 1.29 is 0 Å². The van der Waals surface area contributed by atoms with Crippen LogP contribution < -0.4 is 10.6 Å². The first-order chi connectivity index (χ1) is 11.2. The van der Waals surface area contributed by atoms with Gasteiger partial charge in [0.1, 0.15) is 0 Å². The van der Waals surface area contributed by atoms with Gasteiger partial charge in [-0.05, 0) is 54.8 Å². The molecule has 118 valence electrons. The molecule has 2 N–H and O–H groups in total. The lowest BCUT2D eigenvalue weighted by molar-refractivity contribution is 0.818. The number of benzene rings is 2. The molecule has 0 saturated carbocycles. The van der Waals surface area contributed by atoms with Gasteiger partial charge in [0.2, 0.25) is 0 Å². The van der Waals surface area contributed by atoms with Crippen molar-refractivity contribution in [3.63, 3.8) is 0 Å². The first-order valence-electron chi connectivity index (χ1n) is 8.17. The predicted molar refractivity (Wildman–Crippen MR) is 99.6 cm³/mol. The molecular formula is C21H24N2. The van der Waals surface area contributed by atoms with Crippen LogP contribution in [-0.4, -0.2) is 13.6 Å². The molecule has 0 heterocycles. The number of hydrogen-bond donors (Lipinski definition) is 2. The molecule has 2 nitrogen and oxygen atoms in total. The highest BCUT2D eigenvalue weighted by molar-refractivity contribution is 5.73. The molecule has 0 spiro atoms. The van der Waals surface area contributed by atoms with Crippen molar-refractivity contribution in [2.75, 3.05) is 18.9 Å². The second-order valence-corrected chi connectivity index (χ2v) is 6.15. The quantitative estimate of drug-likeness (QED) is 0.818. The summed E-state index contributed by atoms with van der Waals surface area (Å²) in [6.07, 6.45) is 5.54. The fraction of sp³-hybridized carbons (Fsp3) is 0.238. The van der Waals surface area contributed by atoms with Crippen LogP contribution in [0.1, 0.15) is 23.1 Å². The van der Waals surface area contributed by atoms with E-state index in [-0.39, 0.29) is 0 Å². The van der Waals surface area contributed by atoms with Gasteiger partial charge >= 0.3 is 0 Å². The number of hydrogen-bond acceptors (Lipinski definition) is 2. The van der Waals surface area contributed by atoms with Crippen molar-refractivity contribution in [2.45, 2.75) is 19.9 Å². The lowest BCUT2D eigenvalue weighted by Crippen LogP contribution is -2.07. The third kappa shape index (κ3) is 4.11. The van der Waals surface area contributed by atoms with Gasteiger partial charge in [-0.3, -0.25) is 0 Å². The van der Waals surface area contributed by atoms with Crippen molar-refractivity contribution in [1.82, 2.24) is 5.32 Å². The third-order valence-electron chi connectivity index (χ3n) is 4.15. The van der Waals surface area contributed by atoms with Crippen molar-refractivity contribution >= 4 is 11.3 Å². The van der Waals surface area contributed by atoms with Crippen LogP contribution in [0.2, 0.25) is 0 Å². The highest BCUT2D eigenvalue weighted by Gasteiger charge is 2.10. The van der Waals surface area contributed by atoms with Gasteiger partial charge in [-0.15, -0.1) is 0 Å². The second-order valence-electron chi connectivity index (χ2n) is 6.15. The van der Waals surface area contributed by atoms with Crippen LogP contribution in [0.5, 0.6) is 0 Å². The molecule has 0 radical (unpaired) electrons. The summed E-state index contributed by atoms with van der Waals surface area (Å²) in [4.78, 5) is 0. The van der Waals surface area contributed by atoms with E-state index in [0.717, 1.165) is 19.5 Å². The molecule has 2 heteroatoms. The first kappa shape index (κ1) is 15.6. The van der Waals surface area contributed by atoms with Crippen LogP contribution in [0.4, 0.5) is 5.69 Å². The van der Waals surface area contributed by atoms with Crippen molar-refractivity contribution in [3.05, 3.63) is 82.9 Å². The number of allylic oxidation sites excluding steroid dienone is 3. The predicted octanol–water partition coefficient (Wildman–Crippen LogP) is 4.54. The zero-order chi connectivity index (χ0) is 16.1. The molecule has 0 unspecified atom stereocenters. The molecule has 0 aromatic heterocycles. The van der Waals surface area contributed by atoms with Crippen LogP contribution in [0.25, 0.3) is 5.57 Å². The Bertz CT molecular complexity index is 741. The van der Waals surface area contributed by atoms with E-state index in [1.165, 1.54) is 33.5 Å². The Labute approximate surface area is 138 Å². The van der Waals surface area contributed by atoms with Gasteiger partial charge in [0.15, 0.2) is 0 Å². The number of anilines is 1. The Morgan fingerprint density at radius 2 is 1.83 bits per heavy atom. The fourth-order valence-corrected chi connectivity index (χ4v) is 2.96. The van der Waals surface area contributed by atoms with Gasteiger partial charge < -0.3 is 10.6 Å². The summed E-state index contributed by atoms with van der Waals surface area (Å²) in [5, 5.41) is 6.73. The van der Waals surface area contributed by atoms with E-state index in [4.69, 9.17) is 0 Å². The standard InChI is InChI=1S/C21H24N2/c1-16-5-3-7-19(11-16)20-10-9-18(12-20)15-23-21-8-4-6-17(13-21)14-22-2/h3-11,13,22-23H,12,14-15H2,1-2H3. The van der Waals surface area contributed by atoms with Crippen LogP contribution in [0.15, 0.2) is 66.3 Å². The normalized spacial score (nSPS) is 13.7. The van der Waals surface area contributed by atoms with Gasteiger partial charge in [-0.1, -0.05) is 54.1 Å². The summed E-state index contributed by atoms with van der Waals surface area (Å²) in [6.45, 7) is 3.94. The minimum absolute atomic E-state index is 0.898. The summed E-state index contributed by atoms with van der Waals surface area (Å²) in [7, 11) is 1.97. The summed E-state index contributed by atoms with van der Waals surface area (Å²) in [5.41, 5.74) is 7.98. The molecule has 0 bridgehead atoms. The van der Waals surface area contributed by atoms with E-state index in [2.05, 4.69) is 78.2 Å². The highest BCUT2D eigenvalue weighted by Crippen LogP contribution is 2.28. The first-order valence-corrected chi connectivity index (χ1v) is 8.17. The Morgan fingerprint density at radius 1 is 0.957 bits per heavy atom. The minimum atomic E-state index is 0.898. The summed E-state index contributed by atoms with van der Waals surface area (Å²) in [5.74, 6) is 0. The Balaban J connectivity index is 1.56. The van der Waals surface area contributed by atoms with Gasteiger partial charge in [-0.25, -0.2) is 0 Å². The molecule has 0 aliphatic heterocycles. The van der Waals surface area contributed by atoms with Crippen LogP contribution >= 0.6 is 0 Å². The van der Waals surface area contributed by atoms with Gasteiger partial charge in [0.05, 0.1) is 0 Å². The molecule has 2 aromatic rings. The molecule has 3 rings (SSSR count). The largest absolute Gasteiger partial charge is 0.381 e. The average Bonchev–Trinajstić information content (AvgIpc) is 3.03. The summed E-state index contributed by atoms with van der Waals surface area (Å²) >= 11 is 0. The highest BCUT2D eigenvalue weighted by atomic mass is 14.9. The van der Waals surface area contributed by atoms with E-state index >= 15 is 0 Å². The van der Waals surface area contributed by atoms with E-state index in [9.17, 15) is 0 Å². The van der Waals surface area contributed by atoms with Gasteiger partial charge in [0, 0.05) is 18.8 Å². The van der Waals surface area contributed by atoms with E-state index in [1.807, 2.05) is 7.05 Å². The monoisotopic (exact) mass is 304 g/mol. The zero-order valence-corrected chi connectivity index (χ0v) is 13.9. The average molecular weight is 304 g/mol. The molecule has 1 aliphatic carbocycles. The maximum atomic E-state index is 3.54. The lowest BCUT2D eigenvalue weighted by Gasteiger charge is -2.10. The number of rotatable bonds is 6. The Kier molecular flexibility index (Phi) is 4.94. The molecule has 1 aliphatic rings. The third-order valence-corrected chi connectivity index (χ3v) is 4.15. The molecule has 0 amide bonds. The molecule has 2 aromatic carbocycles. The van der Waals surface area contributed by atoms with E-state index in [1.54, 1.807) is 0 Å². The van der Waals surface area contributed by atoms with Crippen LogP contribution in [-0.2, 0) is 6.54 Å².